The molecular formula is C6H12OSi. The molecule has 0 saturated carbocycles. The van der Waals surface area contributed by atoms with Gasteiger partial charge in [-0.15, -0.1) is 0 Å². The van der Waals surface area contributed by atoms with Gasteiger partial charge in [0.2, 0.25) is 0 Å². The van der Waals surface area contributed by atoms with Crippen molar-refractivity contribution in [1.29, 1.82) is 0 Å². The molecule has 0 aliphatic carbocycles. The maximum Gasteiger partial charge on any atom is 0.147 e. The summed E-state index contributed by atoms with van der Waals surface area (Å²) in [6.45, 7) is 9.13. The van der Waals surface area contributed by atoms with Gasteiger partial charge in [-0.1, -0.05) is 25.3 Å². The molecule has 0 N–H and O–H groups in total. The Bertz CT molecular complexity index is 90.7. The van der Waals surface area contributed by atoms with Gasteiger partial charge >= 0.3 is 0 Å². The van der Waals surface area contributed by atoms with Crippen molar-refractivity contribution >= 4 is 10.5 Å². The van der Waals surface area contributed by atoms with Crippen LogP contribution in [0.5, 0.6) is 0 Å². The highest BCUT2D eigenvalue weighted by Crippen LogP contribution is 2.09. The molecule has 0 saturated heterocycles. The first-order valence-electron chi connectivity index (χ1n) is 2.51. The summed E-state index contributed by atoms with van der Waals surface area (Å²) in [5, 5.41) is 0. The summed E-state index contributed by atoms with van der Waals surface area (Å²) >= 11 is 0. The van der Waals surface area contributed by atoms with E-state index in [0.717, 1.165) is 10.5 Å². The van der Waals surface area contributed by atoms with E-state index in [2.05, 4.69) is 13.2 Å². The Kier molecular flexibility index (Phi) is 2.72. The SMILES string of the molecule is C=CC(C)(C=C)O[SiH3]. The van der Waals surface area contributed by atoms with Gasteiger partial charge in [0.1, 0.15) is 10.5 Å². The average molecular weight is 128 g/mol. The summed E-state index contributed by atoms with van der Waals surface area (Å²) in [5.74, 6) is 0. The van der Waals surface area contributed by atoms with Crippen LogP contribution in [0.3, 0.4) is 0 Å². The first kappa shape index (κ1) is 7.66. The second-order valence-corrected chi connectivity index (χ2v) is 2.20. The minimum atomic E-state index is -0.285. The molecule has 8 heavy (non-hydrogen) atoms. The second-order valence-electron chi connectivity index (χ2n) is 1.80. The average Bonchev–Trinajstić information content (AvgIpc) is 1.87. The fourth-order valence-electron chi connectivity index (χ4n) is 0.250. The van der Waals surface area contributed by atoms with Gasteiger partial charge in [-0.3, -0.25) is 0 Å². The van der Waals surface area contributed by atoms with Crippen LogP contribution in [0, 0.1) is 0 Å². The summed E-state index contributed by atoms with van der Waals surface area (Å²) in [6, 6.07) is 0. The van der Waals surface area contributed by atoms with Crippen LogP contribution in [-0.2, 0) is 4.43 Å². The first-order chi connectivity index (χ1) is 3.68. The monoisotopic (exact) mass is 128 g/mol. The Labute approximate surface area is 53.6 Å². The highest BCUT2D eigenvalue weighted by atomic mass is 28.2. The molecule has 0 aromatic carbocycles. The summed E-state index contributed by atoms with van der Waals surface area (Å²) < 4.78 is 5.14. The number of hydrogen-bond donors (Lipinski definition) is 0. The molecule has 0 aromatic rings. The quantitative estimate of drug-likeness (QED) is 0.395. The Hall–Kier alpha value is -0.343. The van der Waals surface area contributed by atoms with E-state index in [1.165, 1.54) is 0 Å². The van der Waals surface area contributed by atoms with Crippen LogP contribution in [0.4, 0.5) is 0 Å². The lowest BCUT2D eigenvalue weighted by Gasteiger charge is -2.18. The molecular weight excluding hydrogens is 116 g/mol. The lowest BCUT2D eigenvalue weighted by Crippen LogP contribution is -2.20. The van der Waals surface area contributed by atoms with Crippen LogP contribution >= 0.6 is 0 Å². The van der Waals surface area contributed by atoms with E-state index in [9.17, 15) is 0 Å². The van der Waals surface area contributed by atoms with Crippen LogP contribution < -0.4 is 0 Å². The molecule has 0 aliphatic heterocycles. The van der Waals surface area contributed by atoms with Gasteiger partial charge in [-0.05, 0) is 6.92 Å². The Morgan fingerprint density at radius 2 is 1.88 bits per heavy atom. The van der Waals surface area contributed by atoms with E-state index >= 15 is 0 Å². The first-order valence-corrected chi connectivity index (χ1v) is 3.32. The molecule has 0 fully saturated rings. The molecule has 2 heteroatoms. The Morgan fingerprint density at radius 3 is 1.88 bits per heavy atom. The van der Waals surface area contributed by atoms with Crippen molar-refractivity contribution in [2.24, 2.45) is 0 Å². The molecule has 46 valence electrons. The lowest BCUT2D eigenvalue weighted by molar-refractivity contribution is 0.214. The van der Waals surface area contributed by atoms with Crippen LogP contribution in [0.2, 0.25) is 0 Å². The van der Waals surface area contributed by atoms with E-state index in [0.29, 0.717) is 0 Å². The van der Waals surface area contributed by atoms with Crippen molar-refractivity contribution in [3.8, 4) is 0 Å². The maximum atomic E-state index is 5.14. The number of rotatable bonds is 3. The Balaban J connectivity index is 3.96. The van der Waals surface area contributed by atoms with Crippen LogP contribution in [0.15, 0.2) is 25.3 Å². The van der Waals surface area contributed by atoms with Crippen molar-refractivity contribution in [3.05, 3.63) is 25.3 Å². The van der Waals surface area contributed by atoms with E-state index < -0.39 is 0 Å². The van der Waals surface area contributed by atoms with E-state index in [1.807, 2.05) is 6.92 Å². The molecule has 0 spiro atoms. The highest BCUT2D eigenvalue weighted by molar-refractivity contribution is 5.98. The van der Waals surface area contributed by atoms with Gasteiger partial charge in [-0.25, -0.2) is 0 Å². The molecule has 0 rings (SSSR count). The summed E-state index contributed by atoms with van der Waals surface area (Å²) in [7, 11) is 0.724. The van der Waals surface area contributed by atoms with Gasteiger partial charge in [-0.2, -0.15) is 0 Å². The molecule has 0 radical (unpaired) electrons. The molecule has 0 heterocycles. The van der Waals surface area contributed by atoms with Gasteiger partial charge in [0.15, 0.2) is 0 Å². The third kappa shape index (κ3) is 1.64. The third-order valence-electron chi connectivity index (χ3n) is 1.25. The number of hydrogen-bond acceptors (Lipinski definition) is 1. The molecule has 0 amide bonds. The second kappa shape index (κ2) is 2.84. The van der Waals surface area contributed by atoms with Crippen LogP contribution in [0.25, 0.3) is 0 Å². The third-order valence-corrected chi connectivity index (χ3v) is 2.13. The van der Waals surface area contributed by atoms with Gasteiger partial charge in [0.05, 0.1) is 5.60 Å². The predicted molar refractivity (Wildman–Crippen MR) is 39.8 cm³/mol. The fraction of sp³-hybridized carbons (Fsp3) is 0.333. The van der Waals surface area contributed by atoms with E-state index in [1.54, 1.807) is 12.2 Å². The van der Waals surface area contributed by atoms with Gasteiger partial charge < -0.3 is 4.43 Å². The Morgan fingerprint density at radius 1 is 1.50 bits per heavy atom. The van der Waals surface area contributed by atoms with Crippen LogP contribution in [-0.4, -0.2) is 16.1 Å². The normalized spacial score (nSPS) is 11.1. The van der Waals surface area contributed by atoms with Crippen molar-refractivity contribution in [1.82, 2.24) is 0 Å². The zero-order valence-electron chi connectivity index (χ0n) is 5.48. The van der Waals surface area contributed by atoms with E-state index in [4.69, 9.17) is 4.43 Å². The van der Waals surface area contributed by atoms with Crippen molar-refractivity contribution < 1.29 is 4.43 Å². The van der Waals surface area contributed by atoms with Crippen molar-refractivity contribution in [2.45, 2.75) is 12.5 Å². The summed E-state index contributed by atoms with van der Waals surface area (Å²) in [5.41, 5.74) is -0.285. The minimum absolute atomic E-state index is 0.285. The largest absolute Gasteiger partial charge is 0.416 e. The molecule has 0 atom stereocenters. The molecule has 0 aromatic heterocycles. The molecule has 0 bridgehead atoms. The van der Waals surface area contributed by atoms with Crippen molar-refractivity contribution in [2.75, 3.05) is 0 Å². The predicted octanol–water partition coefficient (Wildman–Crippen LogP) is 0.414. The smallest absolute Gasteiger partial charge is 0.147 e. The van der Waals surface area contributed by atoms with Gasteiger partial charge in [0.25, 0.3) is 0 Å². The standard InChI is InChI=1S/C6H12OSi/c1-4-6(3,5-2)7-8/h4-5H,1-2H2,3,8H3. The fourth-order valence-corrected chi connectivity index (χ4v) is 0.583. The highest BCUT2D eigenvalue weighted by Gasteiger charge is 2.10. The van der Waals surface area contributed by atoms with Gasteiger partial charge in [0, 0.05) is 0 Å². The summed E-state index contributed by atoms with van der Waals surface area (Å²) in [4.78, 5) is 0. The molecule has 1 nitrogen and oxygen atoms in total. The lowest BCUT2D eigenvalue weighted by atomic mass is 10.1. The molecule has 0 aliphatic rings. The summed E-state index contributed by atoms with van der Waals surface area (Å²) in [6.07, 6.45) is 3.49. The van der Waals surface area contributed by atoms with E-state index in [-0.39, 0.29) is 5.60 Å². The van der Waals surface area contributed by atoms with Crippen molar-refractivity contribution in [3.63, 3.8) is 0 Å². The maximum absolute atomic E-state index is 5.14. The topological polar surface area (TPSA) is 9.23 Å². The van der Waals surface area contributed by atoms with Crippen LogP contribution in [0.1, 0.15) is 6.92 Å². The zero-order chi connectivity index (χ0) is 6.62. The molecule has 0 unspecified atom stereocenters. The minimum Gasteiger partial charge on any atom is -0.416 e. The zero-order valence-corrected chi connectivity index (χ0v) is 7.48.